The fourth-order valence-corrected chi connectivity index (χ4v) is 1.75. The molecule has 2 nitrogen and oxygen atoms in total. The Kier molecular flexibility index (Phi) is 3.05. The minimum atomic E-state index is 0.270. The molecule has 2 heteroatoms. The maximum atomic E-state index is 4.61. The second-order valence-electron chi connectivity index (χ2n) is 5.74. The van der Waals surface area contributed by atoms with Crippen molar-refractivity contribution in [2.45, 2.75) is 27.7 Å². The molecule has 1 aromatic carbocycles. The van der Waals surface area contributed by atoms with E-state index in [9.17, 15) is 0 Å². The molecule has 0 bridgehead atoms. The Balaban J connectivity index is 2.36. The van der Waals surface area contributed by atoms with Crippen LogP contribution in [0.25, 0.3) is 10.9 Å². The van der Waals surface area contributed by atoms with Gasteiger partial charge in [0.25, 0.3) is 0 Å². The predicted molar refractivity (Wildman–Crippen MR) is 74.4 cm³/mol. The number of benzene rings is 1. The largest absolute Gasteiger partial charge is 0.383 e. The Bertz CT molecular complexity index is 524. The second kappa shape index (κ2) is 4.36. The lowest BCUT2D eigenvalue weighted by atomic mass is 9.97. The fraction of sp³-hybridized carbons (Fsp3) is 0.400. The van der Waals surface area contributed by atoms with E-state index in [1.165, 1.54) is 5.39 Å². The molecule has 0 aliphatic carbocycles. The van der Waals surface area contributed by atoms with Crippen LogP contribution in [0.1, 0.15) is 26.5 Å². The molecule has 0 aliphatic rings. The molecule has 1 N–H and O–H groups in total. The first-order chi connectivity index (χ1) is 7.96. The summed E-state index contributed by atoms with van der Waals surface area (Å²) in [6.45, 7) is 9.65. The maximum absolute atomic E-state index is 4.61. The van der Waals surface area contributed by atoms with Crippen LogP contribution >= 0.6 is 0 Å². The molecular weight excluding hydrogens is 208 g/mol. The average molecular weight is 228 g/mol. The number of aryl methyl sites for hydroxylation is 1. The normalized spacial score (nSPS) is 11.8. The molecule has 1 heterocycles. The zero-order chi connectivity index (χ0) is 12.5. The summed E-state index contributed by atoms with van der Waals surface area (Å²) >= 11 is 0. The third-order valence-corrected chi connectivity index (χ3v) is 2.67. The van der Waals surface area contributed by atoms with Crippen molar-refractivity contribution in [3.8, 4) is 0 Å². The van der Waals surface area contributed by atoms with E-state index < -0.39 is 0 Å². The van der Waals surface area contributed by atoms with Crippen molar-refractivity contribution in [3.05, 3.63) is 36.0 Å². The van der Waals surface area contributed by atoms with E-state index >= 15 is 0 Å². The topological polar surface area (TPSA) is 24.9 Å². The van der Waals surface area contributed by atoms with E-state index in [0.717, 1.165) is 23.4 Å². The van der Waals surface area contributed by atoms with Crippen molar-refractivity contribution in [1.29, 1.82) is 0 Å². The van der Waals surface area contributed by atoms with Crippen LogP contribution in [0.5, 0.6) is 0 Å². The number of nitrogens with zero attached hydrogens (tertiary/aromatic N) is 1. The Labute approximate surface area is 103 Å². The van der Waals surface area contributed by atoms with E-state index in [4.69, 9.17) is 0 Å². The highest BCUT2D eigenvalue weighted by atomic mass is 14.9. The molecule has 0 unspecified atom stereocenters. The highest BCUT2D eigenvalue weighted by Crippen LogP contribution is 2.23. The van der Waals surface area contributed by atoms with Gasteiger partial charge in [-0.3, -0.25) is 4.98 Å². The highest BCUT2D eigenvalue weighted by molar-refractivity contribution is 5.90. The standard InChI is InChI=1S/C15H20N2/c1-11-8-9-12-6-5-7-13(14(12)17-11)16-10-15(2,3)4/h5-9,16H,10H2,1-4H3. The molecule has 1 aromatic heterocycles. The van der Waals surface area contributed by atoms with Gasteiger partial charge in [-0.15, -0.1) is 0 Å². The lowest BCUT2D eigenvalue weighted by Gasteiger charge is -2.20. The lowest BCUT2D eigenvalue weighted by molar-refractivity contribution is 0.443. The predicted octanol–water partition coefficient (Wildman–Crippen LogP) is 4.00. The van der Waals surface area contributed by atoms with Crippen LogP contribution in [-0.2, 0) is 0 Å². The number of pyridine rings is 1. The number of hydrogen-bond acceptors (Lipinski definition) is 2. The molecule has 0 radical (unpaired) electrons. The van der Waals surface area contributed by atoms with Crippen LogP contribution in [0.3, 0.4) is 0 Å². The second-order valence-corrected chi connectivity index (χ2v) is 5.74. The summed E-state index contributed by atoms with van der Waals surface area (Å²) < 4.78 is 0. The van der Waals surface area contributed by atoms with E-state index in [-0.39, 0.29) is 5.41 Å². The van der Waals surface area contributed by atoms with Gasteiger partial charge in [-0.1, -0.05) is 39.0 Å². The van der Waals surface area contributed by atoms with Crippen molar-refractivity contribution in [1.82, 2.24) is 4.98 Å². The van der Waals surface area contributed by atoms with E-state index in [1.54, 1.807) is 0 Å². The number of fused-ring (bicyclic) bond motifs is 1. The molecular formula is C15H20N2. The Morgan fingerprint density at radius 2 is 1.88 bits per heavy atom. The highest BCUT2D eigenvalue weighted by Gasteiger charge is 2.10. The molecule has 0 saturated carbocycles. The molecule has 0 aliphatic heterocycles. The van der Waals surface area contributed by atoms with Crippen molar-refractivity contribution in [3.63, 3.8) is 0 Å². The average Bonchev–Trinajstić information content (AvgIpc) is 2.25. The first kappa shape index (κ1) is 11.9. The monoisotopic (exact) mass is 228 g/mol. The summed E-state index contributed by atoms with van der Waals surface area (Å²) in [5.41, 5.74) is 3.52. The molecule has 0 atom stereocenters. The fourth-order valence-electron chi connectivity index (χ4n) is 1.75. The number of rotatable bonds is 2. The number of para-hydroxylation sites is 1. The Morgan fingerprint density at radius 3 is 2.59 bits per heavy atom. The molecule has 2 aromatic rings. The van der Waals surface area contributed by atoms with Crippen molar-refractivity contribution < 1.29 is 0 Å². The number of anilines is 1. The zero-order valence-corrected chi connectivity index (χ0v) is 11.0. The van der Waals surface area contributed by atoms with E-state index in [1.807, 2.05) is 6.92 Å². The van der Waals surface area contributed by atoms with Crippen LogP contribution in [0.4, 0.5) is 5.69 Å². The van der Waals surface area contributed by atoms with Gasteiger partial charge in [0.05, 0.1) is 11.2 Å². The van der Waals surface area contributed by atoms with Crippen LogP contribution < -0.4 is 5.32 Å². The van der Waals surface area contributed by atoms with Crippen LogP contribution in [0.15, 0.2) is 30.3 Å². The summed E-state index contributed by atoms with van der Waals surface area (Å²) in [5, 5.41) is 4.68. The molecule has 0 saturated heterocycles. The first-order valence-corrected chi connectivity index (χ1v) is 6.06. The van der Waals surface area contributed by atoms with Gasteiger partial charge in [0, 0.05) is 17.6 Å². The van der Waals surface area contributed by atoms with E-state index in [2.05, 4.69) is 61.4 Å². The maximum Gasteiger partial charge on any atom is 0.0936 e. The minimum Gasteiger partial charge on any atom is -0.383 e. The SMILES string of the molecule is Cc1ccc2cccc(NCC(C)(C)C)c2n1. The van der Waals surface area contributed by atoms with Gasteiger partial charge < -0.3 is 5.32 Å². The molecule has 2 rings (SSSR count). The quantitative estimate of drug-likeness (QED) is 0.840. The van der Waals surface area contributed by atoms with Crippen LogP contribution in [0.2, 0.25) is 0 Å². The third-order valence-electron chi connectivity index (χ3n) is 2.67. The minimum absolute atomic E-state index is 0.270. The first-order valence-electron chi connectivity index (χ1n) is 6.06. The molecule has 17 heavy (non-hydrogen) atoms. The summed E-state index contributed by atoms with van der Waals surface area (Å²) in [4.78, 5) is 4.61. The van der Waals surface area contributed by atoms with Gasteiger partial charge in [0.2, 0.25) is 0 Å². The smallest absolute Gasteiger partial charge is 0.0936 e. The molecule has 0 amide bonds. The zero-order valence-electron chi connectivity index (χ0n) is 11.0. The number of hydrogen-bond donors (Lipinski definition) is 1. The molecule has 0 spiro atoms. The van der Waals surface area contributed by atoms with Crippen LogP contribution in [-0.4, -0.2) is 11.5 Å². The lowest BCUT2D eigenvalue weighted by Crippen LogP contribution is -2.19. The number of nitrogens with one attached hydrogen (secondary N) is 1. The molecule has 90 valence electrons. The Hall–Kier alpha value is -1.57. The van der Waals surface area contributed by atoms with Crippen molar-refractivity contribution in [2.24, 2.45) is 5.41 Å². The summed E-state index contributed by atoms with van der Waals surface area (Å²) in [6.07, 6.45) is 0. The van der Waals surface area contributed by atoms with Gasteiger partial charge in [-0.05, 0) is 24.5 Å². The molecule has 0 fully saturated rings. The third kappa shape index (κ3) is 2.96. The van der Waals surface area contributed by atoms with Gasteiger partial charge >= 0.3 is 0 Å². The van der Waals surface area contributed by atoms with Crippen LogP contribution in [0, 0.1) is 12.3 Å². The summed E-state index contributed by atoms with van der Waals surface area (Å²) in [7, 11) is 0. The van der Waals surface area contributed by atoms with Gasteiger partial charge in [0.15, 0.2) is 0 Å². The summed E-state index contributed by atoms with van der Waals surface area (Å²) in [5.74, 6) is 0. The van der Waals surface area contributed by atoms with Crippen molar-refractivity contribution >= 4 is 16.6 Å². The van der Waals surface area contributed by atoms with E-state index in [0.29, 0.717) is 0 Å². The van der Waals surface area contributed by atoms with Crippen molar-refractivity contribution in [2.75, 3.05) is 11.9 Å². The van der Waals surface area contributed by atoms with Gasteiger partial charge in [-0.25, -0.2) is 0 Å². The Morgan fingerprint density at radius 1 is 1.12 bits per heavy atom. The van der Waals surface area contributed by atoms with Gasteiger partial charge in [-0.2, -0.15) is 0 Å². The summed E-state index contributed by atoms with van der Waals surface area (Å²) in [6, 6.07) is 10.4. The van der Waals surface area contributed by atoms with Gasteiger partial charge in [0.1, 0.15) is 0 Å². The number of aromatic nitrogens is 1.